The van der Waals surface area contributed by atoms with Crippen LogP contribution in [0.15, 0.2) is 4.42 Å². The molecule has 0 atom stereocenters. The molecule has 1 aromatic heterocycles. The molecule has 1 heterocycles. The molecule has 1 amide bonds. The first-order valence-electron chi connectivity index (χ1n) is 5.24. The van der Waals surface area contributed by atoms with Crippen LogP contribution in [0.3, 0.4) is 0 Å². The van der Waals surface area contributed by atoms with E-state index in [-0.39, 0.29) is 6.54 Å². The molecule has 7 heteroatoms. The smallest absolute Gasteiger partial charge is 0.408 e. The number of anilines is 1. The molecule has 0 saturated heterocycles. The largest absolute Gasteiger partial charge is 0.444 e. The minimum Gasteiger partial charge on any atom is -0.444 e. The molecule has 0 saturated carbocycles. The Balaban J connectivity index is 2.42. The van der Waals surface area contributed by atoms with E-state index in [1.54, 1.807) is 39.8 Å². The number of amides is 1. The molecule has 0 aliphatic heterocycles. The summed E-state index contributed by atoms with van der Waals surface area (Å²) in [6, 6.07) is 0.394. The summed E-state index contributed by atoms with van der Waals surface area (Å²) in [4.78, 5) is 13.0. The Morgan fingerprint density at radius 1 is 1.41 bits per heavy atom. The van der Waals surface area contributed by atoms with Gasteiger partial charge in [0.2, 0.25) is 5.89 Å². The second-order valence-corrected chi connectivity index (χ2v) is 4.73. The van der Waals surface area contributed by atoms with E-state index in [9.17, 15) is 4.79 Å². The zero-order valence-corrected chi connectivity index (χ0v) is 10.8. The molecule has 0 radical (unpaired) electrons. The molecular formula is C10H18N4O3. The van der Waals surface area contributed by atoms with Gasteiger partial charge >= 0.3 is 12.1 Å². The molecule has 17 heavy (non-hydrogen) atoms. The van der Waals surface area contributed by atoms with Gasteiger partial charge in [-0.05, 0) is 20.8 Å². The van der Waals surface area contributed by atoms with Crippen LogP contribution in [0.1, 0.15) is 26.7 Å². The maximum Gasteiger partial charge on any atom is 0.408 e. The van der Waals surface area contributed by atoms with Crippen molar-refractivity contribution in [3.05, 3.63) is 5.89 Å². The van der Waals surface area contributed by atoms with Crippen molar-refractivity contribution in [2.75, 3.05) is 19.0 Å². The van der Waals surface area contributed by atoms with E-state index in [4.69, 9.17) is 9.15 Å². The van der Waals surface area contributed by atoms with Gasteiger partial charge in [0.1, 0.15) is 5.60 Å². The molecule has 96 valence electrons. The van der Waals surface area contributed by atoms with Crippen molar-refractivity contribution < 1.29 is 13.9 Å². The molecule has 0 aromatic carbocycles. The lowest BCUT2D eigenvalue weighted by Crippen LogP contribution is -2.32. The lowest BCUT2D eigenvalue weighted by atomic mass is 10.2. The summed E-state index contributed by atoms with van der Waals surface area (Å²) in [5, 5.41) is 10.1. The SMILES string of the molecule is CN(C)c1nnc(CNC(=O)OC(C)(C)C)o1. The van der Waals surface area contributed by atoms with Gasteiger partial charge in [0.25, 0.3) is 0 Å². The third-order valence-electron chi connectivity index (χ3n) is 1.62. The summed E-state index contributed by atoms with van der Waals surface area (Å²) in [7, 11) is 3.58. The van der Waals surface area contributed by atoms with Crippen LogP contribution in [0, 0.1) is 0 Å². The van der Waals surface area contributed by atoms with Crippen molar-refractivity contribution in [1.29, 1.82) is 0 Å². The summed E-state index contributed by atoms with van der Waals surface area (Å²) < 4.78 is 10.3. The van der Waals surface area contributed by atoms with E-state index in [1.165, 1.54) is 0 Å². The van der Waals surface area contributed by atoms with E-state index in [0.29, 0.717) is 11.9 Å². The summed E-state index contributed by atoms with van der Waals surface area (Å²) >= 11 is 0. The van der Waals surface area contributed by atoms with Crippen LogP contribution in [-0.2, 0) is 11.3 Å². The van der Waals surface area contributed by atoms with Gasteiger partial charge in [-0.1, -0.05) is 5.10 Å². The van der Waals surface area contributed by atoms with Crippen LogP contribution >= 0.6 is 0 Å². The fraction of sp³-hybridized carbons (Fsp3) is 0.700. The second kappa shape index (κ2) is 5.03. The second-order valence-electron chi connectivity index (χ2n) is 4.73. The normalized spacial score (nSPS) is 11.1. The zero-order valence-electron chi connectivity index (χ0n) is 10.8. The Morgan fingerprint density at radius 3 is 2.53 bits per heavy atom. The molecule has 0 spiro atoms. The van der Waals surface area contributed by atoms with E-state index in [1.807, 2.05) is 0 Å². The van der Waals surface area contributed by atoms with Crippen LogP contribution < -0.4 is 10.2 Å². The molecule has 1 N–H and O–H groups in total. The Hall–Kier alpha value is -1.79. The Labute approximate surface area is 100 Å². The number of ether oxygens (including phenoxy) is 1. The maximum atomic E-state index is 11.3. The predicted molar refractivity (Wildman–Crippen MR) is 61.7 cm³/mol. The van der Waals surface area contributed by atoms with E-state index < -0.39 is 11.7 Å². The van der Waals surface area contributed by atoms with Gasteiger partial charge in [-0.15, -0.1) is 5.10 Å². The maximum absolute atomic E-state index is 11.3. The van der Waals surface area contributed by atoms with E-state index in [0.717, 1.165) is 0 Å². The molecule has 7 nitrogen and oxygen atoms in total. The van der Waals surface area contributed by atoms with Crippen molar-refractivity contribution in [2.45, 2.75) is 32.9 Å². The first-order valence-corrected chi connectivity index (χ1v) is 5.24. The molecule has 0 fully saturated rings. The number of hydrogen-bond acceptors (Lipinski definition) is 6. The van der Waals surface area contributed by atoms with Crippen LogP contribution in [0.4, 0.5) is 10.8 Å². The topological polar surface area (TPSA) is 80.5 Å². The Kier molecular flexibility index (Phi) is 3.93. The number of carbonyl (C=O) groups excluding carboxylic acids is 1. The first-order chi connectivity index (χ1) is 7.78. The highest BCUT2D eigenvalue weighted by Gasteiger charge is 2.16. The standard InChI is InChI=1S/C10H18N4O3/c1-10(2,3)17-9(15)11-6-7-12-13-8(16-7)14(4)5/h6H2,1-5H3,(H,11,15). The number of aromatic nitrogens is 2. The summed E-state index contributed by atoms with van der Waals surface area (Å²) in [6.45, 7) is 5.53. The number of nitrogens with zero attached hydrogens (tertiary/aromatic N) is 3. The fourth-order valence-electron chi connectivity index (χ4n) is 0.959. The minimum atomic E-state index is -0.520. The molecular weight excluding hydrogens is 224 g/mol. The first kappa shape index (κ1) is 13.3. The lowest BCUT2D eigenvalue weighted by Gasteiger charge is -2.19. The quantitative estimate of drug-likeness (QED) is 0.856. The summed E-state index contributed by atoms with van der Waals surface area (Å²) in [5.74, 6) is 0.333. The van der Waals surface area contributed by atoms with Gasteiger partial charge in [0, 0.05) is 14.1 Å². The predicted octanol–water partition coefficient (Wildman–Crippen LogP) is 1.16. The number of alkyl carbamates (subject to hydrolysis) is 1. The van der Waals surface area contributed by atoms with Gasteiger partial charge in [-0.2, -0.15) is 0 Å². The van der Waals surface area contributed by atoms with Gasteiger partial charge in [0.05, 0.1) is 6.54 Å². The molecule has 0 aliphatic rings. The highest BCUT2D eigenvalue weighted by atomic mass is 16.6. The van der Waals surface area contributed by atoms with Crippen LogP contribution in [-0.4, -0.2) is 36.0 Å². The average Bonchev–Trinajstić information content (AvgIpc) is 2.60. The number of nitrogens with one attached hydrogen (secondary N) is 1. The molecule has 0 unspecified atom stereocenters. The van der Waals surface area contributed by atoms with Crippen molar-refractivity contribution in [3.63, 3.8) is 0 Å². The van der Waals surface area contributed by atoms with Gasteiger partial charge < -0.3 is 19.4 Å². The molecule has 0 bridgehead atoms. The van der Waals surface area contributed by atoms with Gasteiger partial charge in [-0.3, -0.25) is 0 Å². The summed E-state index contributed by atoms with van der Waals surface area (Å²) in [6.07, 6.45) is -0.512. The van der Waals surface area contributed by atoms with Crippen LogP contribution in [0.25, 0.3) is 0 Å². The Morgan fingerprint density at radius 2 is 2.06 bits per heavy atom. The number of hydrogen-bond donors (Lipinski definition) is 1. The van der Waals surface area contributed by atoms with Gasteiger partial charge in [0.15, 0.2) is 0 Å². The van der Waals surface area contributed by atoms with E-state index in [2.05, 4.69) is 15.5 Å². The number of carbonyl (C=O) groups is 1. The van der Waals surface area contributed by atoms with Gasteiger partial charge in [-0.25, -0.2) is 4.79 Å². The third-order valence-corrected chi connectivity index (χ3v) is 1.62. The third kappa shape index (κ3) is 4.71. The monoisotopic (exact) mass is 242 g/mol. The van der Waals surface area contributed by atoms with Crippen molar-refractivity contribution in [1.82, 2.24) is 15.5 Å². The molecule has 0 aliphatic carbocycles. The fourth-order valence-corrected chi connectivity index (χ4v) is 0.959. The zero-order chi connectivity index (χ0) is 13.1. The number of rotatable bonds is 3. The highest BCUT2D eigenvalue weighted by molar-refractivity contribution is 5.67. The minimum absolute atomic E-state index is 0.149. The van der Waals surface area contributed by atoms with Crippen LogP contribution in [0.5, 0.6) is 0 Å². The average molecular weight is 242 g/mol. The van der Waals surface area contributed by atoms with Crippen molar-refractivity contribution in [3.8, 4) is 0 Å². The molecule has 1 aromatic rings. The van der Waals surface area contributed by atoms with Crippen molar-refractivity contribution >= 4 is 12.1 Å². The Bertz CT molecular complexity index is 381. The van der Waals surface area contributed by atoms with Crippen LogP contribution in [0.2, 0.25) is 0 Å². The van der Waals surface area contributed by atoms with Crippen molar-refractivity contribution in [2.24, 2.45) is 0 Å². The molecule has 1 rings (SSSR count). The highest BCUT2D eigenvalue weighted by Crippen LogP contribution is 2.09. The van der Waals surface area contributed by atoms with E-state index >= 15 is 0 Å². The lowest BCUT2D eigenvalue weighted by molar-refractivity contribution is 0.0519. The summed E-state index contributed by atoms with van der Waals surface area (Å²) in [5.41, 5.74) is -0.520.